The molecule has 1 aromatic carbocycles. The van der Waals surface area contributed by atoms with Crippen LogP contribution in [0.5, 0.6) is 11.5 Å². The molecule has 0 radical (unpaired) electrons. The molecule has 1 amide bonds. The van der Waals surface area contributed by atoms with Crippen LogP contribution < -0.4 is 0 Å². The monoisotopic (exact) mass is 281 g/mol. The van der Waals surface area contributed by atoms with Gasteiger partial charge in [-0.05, 0) is 24.6 Å². The van der Waals surface area contributed by atoms with Crippen LogP contribution in [0.3, 0.4) is 0 Å². The third kappa shape index (κ3) is 2.34. The zero-order valence-electron chi connectivity index (χ0n) is 9.58. The molecule has 4 nitrogen and oxygen atoms in total. The van der Waals surface area contributed by atoms with Gasteiger partial charge in [0.2, 0.25) is 0 Å². The van der Waals surface area contributed by atoms with E-state index >= 15 is 0 Å². The van der Waals surface area contributed by atoms with E-state index in [4.69, 9.17) is 12.2 Å². The number of rotatable bonds is 2. The van der Waals surface area contributed by atoms with E-state index in [1.165, 1.54) is 28.8 Å². The molecule has 0 aliphatic carbocycles. The number of allylic oxidation sites excluding steroid dienone is 1. The number of hydrogen-bond acceptors (Lipinski definition) is 5. The molecule has 1 saturated heterocycles. The minimum Gasteiger partial charge on any atom is -0.504 e. The Morgan fingerprint density at radius 1 is 1.39 bits per heavy atom. The molecule has 0 saturated carbocycles. The van der Waals surface area contributed by atoms with Crippen molar-refractivity contribution >= 4 is 34.2 Å². The first-order valence-corrected chi connectivity index (χ1v) is 6.46. The Bertz CT molecular complexity index is 554. The number of phenols is 2. The average molecular weight is 281 g/mol. The smallest absolute Gasteiger partial charge is 0.266 e. The number of thioether (sulfide) groups is 1. The molecule has 0 unspecified atom stereocenters. The van der Waals surface area contributed by atoms with Crippen molar-refractivity contribution in [3.8, 4) is 11.5 Å². The van der Waals surface area contributed by atoms with Gasteiger partial charge < -0.3 is 10.2 Å². The molecule has 2 N–H and O–H groups in total. The van der Waals surface area contributed by atoms with Crippen LogP contribution in [-0.4, -0.2) is 25.3 Å². The van der Waals surface area contributed by atoms with Gasteiger partial charge in [0.15, 0.2) is 11.5 Å². The molecule has 1 aliphatic heterocycles. The second kappa shape index (κ2) is 4.99. The quantitative estimate of drug-likeness (QED) is 0.495. The number of hydrogen-bond donors (Lipinski definition) is 2. The van der Waals surface area contributed by atoms with E-state index in [1.54, 1.807) is 19.1 Å². The van der Waals surface area contributed by atoms with Gasteiger partial charge in [-0.25, -0.2) is 0 Å². The average Bonchev–Trinajstić information content (AvgIpc) is 2.61. The Morgan fingerprint density at radius 3 is 2.67 bits per heavy atom. The van der Waals surface area contributed by atoms with Gasteiger partial charge >= 0.3 is 0 Å². The van der Waals surface area contributed by atoms with E-state index in [0.717, 1.165) is 0 Å². The lowest BCUT2D eigenvalue weighted by atomic mass is 10.2. The molecule has 6 heteroatoms. The maximum atomic E-state index is 11.9. The van der Waals surface area contributed by atoms with E-state index in [9.17, 15) is 15.0 Å². The Balaban J connectivity index is 2.21. The van der Waals surface area contributed by atoms with Crippen LogP contribution >= 0.6 is 24.0 Å². The highest BCUT2D eigenvalue weighted by Gasteiger charge is 2.31. The minimum atomic E-state index is -0.205. The molecule has 0 bridgehead atoms. The third-order valence-corrected chi connectivity index (χ3v) is 4.01. The SMILES string of the molecule is C/C=C1\SC(=S)N(Cc2ccc(O)c(O)c2)C1=O. The summed E-state index contributed by atoms with van der Waals surface area (Å²) in [4.78, 5) is 14.0. The summed E-state index contributed by atoms with van der Waals surface area (Å²) in [5.74, 6) is -0.512. The van der Waals surface area contributed by atoms with Gasteiger partial charge in [-0.15, -0.1) is 0 Å². The fourth-order valence-electron chi connectivity index (χ4n) is 1.58. The number of phenolic OH excluding ortho intramolecular Hbond substituents is 2. The number of carbonyl (C=O) groups is 1. The lowest BCUT2D eigenvalue weighted by molar-refractivity contribution is -0.122. The Kier molecular flexibility index (Phi) is 3.58. The van der Waals surface area contributed by atoms with Gasteiger partial charge in [-0.2, -0.15) is 0 Å². The number of amides is 1. The fourth-order valence-corrected chi connectivity index (χ4v) is 2.76. The zero-order valence-corrected chi connectivity index (χ0v) is 11.2. The first-order valence-electron chi connectivity index (χ1n) is 5.23. The molecule has 18 heavy (non-hydrogen) atoms. The molecule has 2 rings (SSSR count). The summed E-state index contributed by atoms with van der Waals surface area (Å²) in [6.45, 7) is 2.08. The molecule has 94 valence electrons. The molecule has 1 fully saturated rings. The zero-order chi connectivity index (χ0) is 13.3. The summed E-state index contributed by atoms with van der Waals surface area (Å²) >= 11 is 6.40. The van der Waals surface area contributed by atoms with E-state index in [-0.39, 0.29) is 24.0 Å². The van der Waals surface area contributed by atoms with E-state index in [1.807, 2.05) is 0 Å². The topological polar surface area (TPSA) is 60.8 Å². The van der Waals surface area contributed by atoms with E-state index in [2.05, 4.69) is 0 Å². The fraction of sp³-hybridized carbons (Fsp3) is 0.167. The van der Waals surface area contributed by atoms with Crippen LogP contribution in [0.4, 0.5) is 0 Å². The summed E-state index contributed by atoms with van der Waals surface area (Å²) in [6.07, 6.45) is 1.73. The molecule has 0 atom stereocenters. The molecule has 1 heterocycles. The third-order valence-electron chi connectivity index (χ3n) is 2.52. The summed E-state index contributed by atoms with van der Waals surface area (Å²) in [5.41, 5.74) is 0.707. The normalized spacial score (nSPS) is 17.8. The highest BCUT2D eigenvalue weighted by molar-refractivity contribution is 8.26. The molecule has 0 aromatic heterocycles. The summed E-state index contributed by atoms with van der Waals surface area (Å²) in [5, 5.41) is 18.6. The first-order chi connectivity index (χ1) is 8.52. The van der Waals surface area contributed by atoms with Gasteiger partial charge in [0, 0.05) is 0 Å². The second-order valence-corrected chi connectivity index (χ2v) is 5.41. The van der Waals surface area contributed by atoms with Gasteiger partial charge in [0.25, 0.3) is 5.91 Å². The lowest BCUT2D eigenvalue weighted by Crippen LogP contribution is -2.27. The van der Waals surface area contributed by atoms with Gasteiger partial charge in [0.1, 0.15) is 4.32 Å². The lowest BCUT2D eigenvalue weighted by Gasteiger charge is -2.14. The van der Waals surface area contributed by atoms with Crippen molar-refractivity contribution in [1.82, 2.24) is 4.90 Å². The van der Waals surface area contributed by atoms with Crippen LogP contribution in [0, 0.1) is 0 Å². The first kappa shape index (κ1) is 12.9. The van der Waals surface area contributed by atoms with Gasteiger partial charge in [-0.3, -0.25) is 9.69 Å². The standard InChI is InChI=1S/C12H11NO3S2/c1-2-10-11(16)13(12(17)18-10)6-7-3-4-8(14)9(15)5-7/h2-5,14-15H,6H2,1H3/b10-2-. The highest BCUT2D eigenvalue weighted by Crippen LogP contribution is 2.33. The van der Waals surface area contributed by atoms with Gasteiger partial charge in [-0.1, -0.05) is 36.1 Å². The number of nitrogens with zero attached hydrogens (tertiary/aromatic N) is 1. The van der Waals surface area contributed by atoms with Crippen molar-refractivity contribution in [1.29, 1.82) is 0 Å². The Morgan fingerprint density at radius 2 is 2.11 bits per heavy atom. The van der Waals surface area contributed by atoms with Crippen LogP contribution in [0.15, 0.2) is 29.2 Å². The van der Waals surface area contributed by atoms with Crippen molar-refractivity contribution in [3.05, 3.63) is 34.7 Å². The Hall–Kier alpha value is -1.53. The van der Waals surface area contributed by atoms with E-state index in [0.29, 0.717) is 14.8 Å². The molecular formula is C12H11NO3S2. The van der Waals surface area contributed by atoms with Gasteiger partial charge in [0.05, 0.1) is 11.4 Å². The summed E-state index contributed by atoms with van der Waals surface area (Å²) in [7, 11) is 0. The van der Waals surface area contributed by atoms with Crippen molar-refractivity contribution < 1.29 is 15.0 Å². The second-order valence-electron chi connectivity index (χ2n) is 3.74. The maximum absolute atomic E-state index is 11.9. The van der Waals surface area contributed by atoms with Crippen LogP contribution in [0.25, 0.3) is 0 Å². The number of carbonyl (C=O) groups excluding carboxylic acids is 1. The van der Waals surface area contributed by atoms with Crippen LogP contribution in [-0.2, 0) is 11.3 Å². The predicted octanol–water partition coefficient (Wildman–Crippen LogP) is 2.36. The molecule has 0 spiro atoms. The van der Waals surface area contributed by atoms with E-state index < -0.39 is 0 Å². The number of benzene rings is 1. The maximum Gasteiger partial charge on any atom is 0.266 e. The summed E-state index contributed by atoms with van der Waals surface area (Å²) < 4.78 is 0.501. The number of thiocarbonyl (C=S) groups is 1. The highest BCUT2D eigenvalue weighted by atomic mass is 32.2. The van der Waals surface area contributed by atoms with Crippen LogP contribution in [0.2, 0.25) is 0 Å². The molecule has 1 aliphatic rings. The largest absolute Gasteiger partial charge is 0.504 e. The molecule has 1 aromatic rings. The van der Waals surface area contributed by atoms with Crippen molar-refractivity contribution in [2.75, 3.05) is 0 Å². The Labute approximate surface area is 114 Å². The number of aromatic hydroxyl groups is 2. The van der Waals surface area contributed by atoms with Crippen molar-refractivity contribution in [2.24, 2.45) is 0 Å². The summed E-state index contributed by atoms with van der Waals surface area (Å²) in [6, 6.07) is 4.45. The predicted molar refractivity (Wildman–Crippen MR) is 74.3 cm³/mol. The van der Waals surface area contributed by atoms with Crippen molar-refractivity contribution in [2.45, 2.75) is 13.5 Å². The van der Waals surface area contributed by atoms with Crippen LogP contribution in [0.1, 0.15) is 12.5 Å². The minimum absolute atomic E-state index is 0.125. The van der Waals surface area contributed by atoms with Crippen molar-refractivity contribution in [3.63, 3.8) is 0 Å². The molecular weight excluding hydrogens is 270 g/mol.